The van der Waals surface area contributed by atoms with Crippen LogP contribution in [0.1, 0.15) is 26.2 Å². The highest BCUT2D eigenvalue weighted by Gasteiger charge is 2.67. The quantitative estimate of drug-likeness (QED) is 0.0930. The molecule has 2 atom stereocenters. The summed E-state index contributed by atoms with van der Waals surface area (Å²) in [5.74, 6) is -18.1. The Morgan fingerprint density at radius 3 is 1.86 bits per heavy atom. The summed E-state index contributed by atoms with van der Waals surface area (Å²) in [6.07, 6.45) is -16.1. The highest BCUT2D eigenvalue weighted by molar-refractivity contribution is 7.87. The van der Waals surface area contributed by atoms with Crippen molar-refractivity contribution in [2.75, 3.05) is 6.61 Å². The van der Waals surface area contributed by atoms with Crippen LogP contribution in [0, 0.1) is 0 Å². The molecule has 2 N–H and O–H groups in total. The van der Waals surface area contributed by atoms with Crippen molar-refractivity contribution in [2.45, 2.75) is 61.5 Å². The Kier molecular flexibility index (Phi) is 10.1. The van der Waals surface area contributed by atoms with Gasteiger partial charge in [0.05, 0.1) is 6.61 Å². The Morgan fingerprint density at radius 1 is 1.00 bits per heavy atom. The molecular weight excluding hydrogens is 547 g/mol. The Bertz CT molecular complexity index is 902. The predicted octanol–water partition coefficient (Wildman–Crippen LogP) is 3.64. The van der Waals surface area contributed by atoms with Crippen LogP contribution in [0.3, 0.4) is 0 Å². The molecule has 0 fully saturated rings. The minimum Gasteiger partial charge on any atom is -0.410 e. The number of amides is 1. The monoisotopic (exact) mass is 563 g/mol. The van der Waals surface area contributed by atoms with Gasteiger partial charge in [-0.3, -0.25) is 9.35 Å². The summed E-state index contributed by atoms with van der Waals surface area (Å²) in [6.45, 7) is 0.816. The van der Waals surface area contributed by atoms with Gasteiger partial charge in [0.2, 0.25) is 5.83 Å². The van der Waals surface area contributed by atoms with E-state index in [2.05, 4.69) is 16.1 Å². The fourth-order valence-electron chi connectivity index (χ4n) is 1.97. The molecule has 0 aromatic heterocycles. The van der Waals surface area contributed by atoms with Gasteiger partial charge in [-0.1, -0.05) is 6.58 Å². The molecule has 0 saturated carbocycles. The molecule has 0 aromatic carbocycles. The molecule has 0 aliphatic heterocycles. The summed E-state index contributed by atoms with van der Waals surface area (Å²) in [4.78, 5) is 23.3. The lowest BCUT2D eigenvalue weighted by Gasteiger charge is -2.34. The largest absolute Gasteiger partial charge is 0.466 e. The second-order valence-corrected chi connectivity index (χ2v) is 8.11. The summed E-state index contributed by atoms with van der Waals surface area (Å²) >= 11 is 0. The third-order valence-electron chi connectivity index (χ3n) is 3.91. The number of carbonyl (C=O) groups excluding carboxylic acids is 2. The molecule has 0 heterocycles. The van der Waals surface area contributed by atoms with Gasteiger partial charge in [-0.05, 0) is 19.8 Å². The third-order valence-corrected chi connectivity index (χ3v) is 4.86. The molecule has 0 aromatic rings. The van der Waals surface area contributed by atoms with Gasteiger partial charge in [-0.2, -0.15) is 56.7 Å². The standard InChI is InChI=1S/C15H16F11NO7S/c1-7(16)9(28)34-12(14(22,23)24,10(29)27-8(2)13(19,20)21)33-6-4-3-5-11(17,18)15(25,26)35(30,31)32/h8H,1,3-6H2,2H3,(H,27,29)(H,30,31,32). The molecule has 20 heteroatoms. The SMILES string of the molecule is C=C(F)C(=O)OC(OCCCCC(F)(F)C(F)(F)S(=O)(=O)O)(C(=O)NC(C)C(F)(F)F)C(F)(F)F. The van der Waals surface area contributed by atoms with Crippen molar-refractivity contribution in [2.24, 2.45) is 0 Å². The van der Waals surface area contributed by atoms with Gasteiger partial charge in [-0.15, -0.1) is 0 Å². The number of rotatable bonds is 12. The first-order chi connectivity index (χ1) is 15.3. The molecule has 0 rings (SSSR count). The van der Waals surface area contributed by atoms with Crippen LogP contribution in [0.25, 0.3) is 0 Å². The van der Waals surface area contributed by atoms with Crippen molar-refractivity contribution in [3.63, 3.8) is 0 Å². The van der Waals surface area contributed by atoms with E-state index < -0.39 is 89.0 Å². The van der Waals surface area contributed by atoms with Crippen LogP contribution >= 0.6 is 0 Å². The minimum absolute atomic E-state index is 0.159. The molecule has 0 aliphatic rings. The molecule has 206 valence electrons. The topological polar surface area (TPSA) is 119 Å². The van der Waals surface area contributed by atoms with Crippen LogP contribution in [0.2, 0.25) is 0 Å². The number of unbranched alkanes of at least 4 members (excludes halogenated alkanes) is 1. The highest BCUT2D eigenvalue weighted by atomic mass is 32.2. The van der Waals surface area contributed by atoms with Crippen molar-refractivity contribution < 1.29 is 80.3 Å². The first-order valence-electron chi connectivity index (χ1n) is 8.72. The Labute approximate surface area is 189 Å². The van der Waals surface area contributed by atoms with Crippen molar-refractivity contribution in [1.29, 1.82) is 0 Å². The zero-order chi connectivity index (χ0) is 28.3. The maximum Gasteiger partial charge on any atom is 0.466 e. The van der Waals surface area contributed by atoms with Crippen molar-refractivity contribution in [3.05, 3.63) is 12.4 Å². The second-order valence-electron chi connectivity index (χ2n) is 6.65. The molecule has 0 aliphatic carbocycles. The average molecular weight is 563 g/mol. The van der Waals surface area contributed by atoms with Gasteiger partial charge in [0.25, 0.3) is 0 Å². The van der Waals surface area contributed by atoms with Crippen LogP contribution < -0.4 is 5.32 Å². The van der Waals surface area contributed by atoms with E-state index in [0.29, 0.717) is 0 Å². The van der Waals surface area contributed by atoms with E-state index in [4.69, 9.17) is 4.55 Å². The number of hydrogen-bond acceptors (Lipinski definition) is 6. The third kappa shape index (κ3) is 7.89. The second kappa shape index (κ2) is 10.8. The maximum absolute atomic E-state index is 13.6. The number of ether oxygens (including phenoxy) is 2. The molecule has 8 nitrogen and oxygen atoms in total. The lowest BCUT2D eigenvalue weighted by atomic mass is 10.1. The van der Waals surface area contributed by atoms with Gasteiger partial charge < -0.3 is 14.8 Å². The maximum atomic E-state index is 13.6. The Balaban J connectivity index is 5.78. The number of nitrogens with one attached hydrogen (secondary N) is 1. The number of alkyl halides is 10. The van der Waals surface area contributed by atoms with Gasteiger partial charge in [0.1, 0.15) is 6.04 Å². The molecular formula is C15H16F11NO7S. The summed E-state index contributed by atoms with van der Waals surface area (Å²) < 4.78 is 181. The predicted molar refractivity (Wildman–Crippen MR) is 90.0 cm³/mol. The Morgan fingerprint density at radius 2 is 1.49 bits per heavy atom. The van der Waals surface area contributed by atoms with E-state index in [0.717, 1.165) is 5.32 Å². The molecule has 0 saturated heterocycles. The lowest BCUT2D eigenvalue weighted by Crippen LogP contribution is -2.63. The zero-order valence-corrected chi connectivity index (χ0v) is 17.9. The van der Waals surface area contributed by atoms with Gasteiger partial charge in [-0.25, -0.2) is 4.79 Å². The van der Waals surface area contributed by atoms with Crippen LogP contribution in [-0.2, 0) is 29.2 Å². The molecule has 0 spiro atoms. The Hall–Kier alpha value is -2.22. The summed E-state index contributed by atoms with van der Waals surface area (Å²) in [7, 11) is -6.61. The van der Waals surface area contributed by atoms with Crippen molar-refractivity contribution in [3.8, 4) is 0 Å². The number of hydrogen-bond donors (Lipinski definition) is 2. The van der Waals surface area contributed by atoms with E-state index in [1.54, 1.807) is 0 Å². The summed E-state index contributed by atoms with van der Waals surface area (Å²) in [5, 5.41) is -5.24. The molecule has 35 heavy (non-hydrogen) atoms. The molecule has 1 amide bonds. The van der Waals surface area contributed by atoms with Gasteiger partial charge in [0.15, 0.2) is 0 Å². The minimum atomic E-state index is -6.61. The van der Waals surface area contributed by atoms with E-state index in [1.807, 2.05) is 0 Å². The number of halogens is 11. The molecule has 0 radical (unpaired) electrons. The fraction of sp³-hybridized carbons (Fsp3) is 0.733. The number of carbonyl (C=O) groups is 2. The van der Waals surface area contributed by atoms with E-state index in [9.17, 15) is 66.3 Å². The molecule has 0 bridgehead atoms. The van der Waals surface area contributed by atoms with Gasteiger partial charge in [0, 0.05) is 6.42 Å². The smallest absolute Gasteiger partial charge is 0.410 e. The van der Waals surface area contributed by atoms with Gasteiger partial charge >= 0.3 is 51.3 Å². The van der Waals surface area contributed by atoms with Crippen molar-refractivity contribution in [1.82, 2.24) is 5.32 Å². The normalized spacial score (nSPS) is 16.3. The average Bonchev–Trinajstić information content (AvgIpc) is 2.63. The first-order valence-corrected chi connectivity index (χ1v) is 10.2. The van der Waals surface area contributed by atoms with Crippen LogP contribution in [0.5, 0.6) is 0 Å². The summed E-state index contributed by atoms with van der Waals surface area (Å²) in [5.41, 5.74) is 0. The zero-order valence-electron chi connectivity index (χ0n) is 17.1. The van der Waals surface area contributed by atoms with E-state index in [1.165, 1.54) is 0 Å². The van der Waals surface area contributed by atoms with E-state index >= 15 is 0 Å². The van der Waals surface area contributed by atoms with Crippen molar-refractivity contribution >= 4 is 22.0 Å². The first kappa shape index (κ1) is 32.8. The molecule has 2 unspecified atom stereocenters. The fourth-order valence-corrected chi connectivity index (χ4v) is 2.45. The lowest BCUT2D eigenvalue weighted by molar-refractivity contribution is -0.348. The highest BCUT2D eigenvalue weighted by Crippen LogP contribution is 2.42. The van der Waals surface area contributed by atoms with Crippen LogP contribution in [0.4, 0.5) is 48.3 Å². The summed E-state index contributed by atoms with van der Waals surface area (Å²) in [6, 6.07) is -3.01. The van der Waals surface area contributed by atoms with Crippen LogP contribution in [-0.4, -0.2) is 66.8 Å². The van der Waals surface area contributed by atoms with E-state index in [-0.39, 0.29) is 6.92 Å². The number of esters is 1. The van der Waals surface area contributed by atoms with Crippen LogP contribution in [0.15, 0.2) is 12.4 Å².